The number of nitrogens with zero attached hydrogens (tertiary/aromatic N) is 1. The van der Waals surface area contributed by atoms with Crippen LogP contribution in [0.4, 0.5) is 0 Å². The highest BCUT2D eigenvalue weighted by Gasteiger charge is 2.18. The van der Waals surface area contributed by atoms with Crippen LogP contribution in [-0.2, 0) is 9.73 Å². The van der Waals surface area contributed by atoms with E-state index < -0.39 is 5.97 Å². The van der Waals surface area contributed by atoms with E-state index in [1.54, 1.807) is 6.20 Å². The Kier molecular flexibility index (Phi) is 1.38. The van der Waals surface area contributed by atoms with E-state index in [1.807, 2.05) is 0 Å². The summed E-state index contributed by atoms with van der Waals surface area (Å²) in [7, 11) is 0. The highest BCUT2D eigenvalue weighted by atomic mass is 16.8. The number of fused-ring (bicyclic) bond motifs is 1. The first kappa shape index (κ1) is 6.93. The molecular weight excluding hydrogens is 160 g/mol. The van der Waals surface area contributed by atoms with Crippen molar-refractivity contribution in [1.82, 2.24) is 10.5 Å². The van der Waals surface area contributed by atoms with Crippen LogP contribution < -0.4 is 5.48 Å². The first-order valence-corrected chi connectivity index (χ1v) is 3.32. The molecule has 2 heterocycles. The summed E-state index contributed by atoms with van der Waals surface area (Å²) in [5.74, 6) is -0.946. The van der Waals surface area contributed by atoms with Crippen molar-refractivity contribution in [3.8, 4) is 0 Å². The Hall–Kier alpha value is -1.75. The molecule has 5 heteroatoms. The molecule has 0 saturated carbocycles. The van der Waals surface area contributed by atoms with Gasteiger partial charge in [-0.25, -0.2) is 15.3 Å². The largest absolute Gasteiger partial charge is 0.478 e. The zero-order chi connectivity index (χ0) is 8.55. The van der Waals surface area contributed by atoms with E-state index in [9.17, 15) is 4.79 Å². The van der Waals surface area contributed by atoms with Crippen LogP contribution in [0.25, 0.3) is 0 Å². The summed E-state index contributed by atoms with van der Waals surface area (Å²) in [6, 6.07) is 0. The highest BCUT2D eigenvalue weighted by molar-refractivity contribution is 5.90. The van der Waals surface area contributed by atoms with Gasteiger partial charge in [-0.05, 0) is 12.2 Å². The lowest BCUT2D eigenvalue weighted by molar-refractivity contribution is -0.132. The van der Waals surface area contributed by atoms with Gasteiger partial charge in [0.15, 0.2) is 0 Å². The maximum absolute atomic E-state index is 10.5. The van der Waals surface area contributed by atoms with Gasteiger partial charge < -0.3 is 5.11 Å². The van der Waals surface area contributed by atoms with E-state index in [1.165, 1.54) is 23.4 Å². The van der Waals surface area contributed by atoms with Gasteiger partial charge >= 0.3 is 5.97 Å². The second-order valence-electron chi connectivity index (χ2n) is 2.32. The normalized spacial score (nSPS) is 19.5. The van der Waals surface area contributed by atoms with Crippen LogP contribution in [0, 0.1) is 0 Å². The lowest BCUT2D eigenvalue weighted by atomic mass is 10.2. The van der Waals surface area contributed by atoms with Crippen molar-refractivity contribution in [2.24, 2.45) is 0 Å². The van der Waals surface area contributed by atoms with Crippen LogP contribution in [0.15, 0.2) is 35.8 Å². The van der Waals surface area contributed by atoms with Crippen molar-refractivity contribution in [2.75, 3.05) is 0 Å². The third kappa shape index (κ3) is 0.960. The van der Waals surface area contributed by atoms with E-state index >= 15 is 0 Å². The third-order valence-electron chi connectivity index (χ3n) is 1.55. The number of hydrogen-bond acceptors (Lipinski definition) is 4. The van der Waals surface area contributed by atoms with E-state index in [0.29, 0.717) is 5.70 Å². The standard InChI is InChI=1S/C7H6N2O3/c10-7(11)5-1-2-9-6(3-5)4-8-12-9/h1-4,8H,(H,10,11). The van der Waals surface area contributed by atoms with E-state index in [0.717, 1.165) is 0 Å². The van der Waals surface area contributed by atoms with Gasteiger partial charge in [-0.3, -0.25) is 0 Å². The van der Waals surface area contributed by atoms with Crippen LogP contribution in [-0.4, -0.2) is 16.1 Å². The van der Waals surface area contributed by atoms with E-state index in [2.05, 4.69) is 5.48 Å². The third-order valence-corrected chi connectivity index (χ3v) is 1.55. The Morgan fingerprint density at radius 3 is 3.25 bits per heavy atom. The number of rotatable bonds is 1. The van der Waals surface area contributed by atoms with Gasteiger partial charge in [0.05, 0.1) is 17.5 Å². The summed E-state index contributed by atoms with van der Waals surface area (Å²) < 4.78 is 0. The summed E-state index contributed by atoms with van der Waals surface area (Å²) in [6.45, 7) is 0. The number of carbonyl (C=O) groups is 1. The zero-order valence-corrected chi connectivity index (χ0v) is 6.02. The minimum Gasteiger partial charge on any atom is -0.478 e. The Morgan fingerprint density at radius 1 is 1.67 bits per heavy atom. The second-order valence-corrected chi connectivity index (χ2v) is 2.32. The maximum atomic E-state index is 10.5. The van der Waals surface area contributed by atoms with Crippen LogP contribution in [0.5, 0.6) is 0 Å². The number of nitrogens with one attached hydrogen (secondary N) is 1. The first-order chi connectivity index (χ1) is 5.77. The molecule has 5 nitrogen and oxygen atoms in total. The van der Waals surface area contributed by atoms with E-state index in [-0.39, 0.29) is 5.57 Å². The molecule has 0 aromatic rings. The molecule has 0 fully saturated rings. The summed E-state index contributed by atoms with van der Waals surface area (Å²) in [5, 5.41) is 10.1. The molecule has 0 spiro atoms. The summed E-state index contributed by atoms with van der Waals surface area (Å²) in [5.41, 5.74) is 3.42. The lowest BCUT2D eigenvalue weighted by Crippen LogP contribution is -2.17. The van der Waals surface area contributed by atoms with Crippen molar-refractivity contribution in [2.45, 2.75) is 0 Å². The fourth-order valence-corrected chi connectivity index (χ4v) is 0.970. The quantitative estimate of drug-likeness (QED) is 0.579. The van der Waals surface area contributed by atoms with Crippen LogP contribution in [0.1, 0.15) is 0 Å². The minimum atomic E-state index is -0.946. The van der Waals surface area contributed by atoms with Crippen molar-refractivity contribution < 1.29 is 14.8 Å². The van der Waals surface area contributed by atoms with Crippen LogP contribution in [0.3, 0.4) is 0 Å². The first-order valence-electron chi connectivity index (χ1n) is 3.32. The summed E-state index contributed by atoms with van der Waals surface area (Å²) in [6.07, 6.45) is 6.09. The van der Waals surface area contributed by atoms with Gasteiger partial charge in [-0.1, -0.05) is 0 Å². The summed E-state index contributed by atoms with van der Waals surface area (Å²) >= 11 is 0. The van der Waals surface area contributed by atoms with E-state index in [4.69, 9.17) is 10.0 Å². The summed E-state index contributed by atoms with van der Waals surface area (Å²) in [4.78, 5) is 15.4. The Labute approximate surface area is 68.1 Å². The molecule has 0 atom stereocenters. The van der Waals surface area contributed by atoms with Gasteiger partial charge in [0.25, 0.3) is 0 Å². The molecule has 2 aliphatic rings. The predicted octanol–water partition coefficient (Wildman–Crippen LogP) is 0.118. The van der Waals surface area contributed by atoms with Crippen molar-refractivity contribution in [3.05, 3.63) is 35.8 Å². The second kappa shape index (κ2) is 2.38. The topological polar surface area (TPSA) is 61.8 Å². The number of hydroxylamine groups is 3. The molecule has 0 saturated heterocycles. The lowest BCUT2D eigenvalue weighted by Gasteiger charge is -2.14. The fraction of sp³-hybridized carbons (Fsp3) is 0. The molecule has 0 bridgehead atoms. The molecule has 2 aliphatic heterocycles. The Balaban J connectivity index is 2.31. The molecule has 0 aromatic heterocycles. The molecule has 2 N–H and O–H groups in total. The van der Waals surface area contributed by atoms with Crippen molar-refractivity contribution in [3.63, 3.8) is 0 Å². The van der Waals surface area contributed by atoms with Crippen LogP contribution in [0.2, 0.25) is 0 Å². The average Bonchev–Trinajstić information content (AvgIpc) is 2.49. The van der Waals surface area contributed by atoms with Crippen LogP contribution >= 0.6 is 0 Å². The molecular formula is C7H6N2O3. The fourth-order valence-electron chi connectivity index (χ4n) is 0.970. The van der Waals surface area contributed by atoms with Crippen molar-refractivity contribution in [1.29, 1.82) is 0 Å². The molecule has 0 unspecified atom stereocenters. The molecule has 12 heavy (non-hydrogen) atoms. The monoisotopic (exact) mass is 166 g/mol. The Bertz CT molecular complexity index is 317. The smallest absolute Gasteiger partial charge is 0.335 e. The van der Waals surface area contributed by atoms with Gasteiger partial charge in [-0.15, -0.1) is 0 Å². The van der Waals surface area contributed by atoms with Crippen molar-refractivity contribution >= 4 is 5.97 Å². The molecule has 0 aromatic carbocycles. The number of allylic oxidation sites excluding steroid dienone is 1. The molecule has 62 valence electrons. The average molecular weight is 166 g/mol. The molecule has 0 amide bonds. The number of hydrogen-bond donors (Lipinski definition) is 2. The predicted molar refractivity (Wildman–Crippen MR) is 39.0 cm³/mol. The van der Waals surface area contributed by atoms with Gasteiger partial charge in [0.2, 0.25) is 0 Å². The molecule has 2 rings (SSSR count). The maximum Gasteiger partial charge on any atom is 0.335 e. The zero-order valence-electron chi connectivity index (χ0n) is 6.02. The SMILES string of the molecule is O=C(O)C1=CC2=CNON2C=C1. The number of carboxylic acid groups (broad SMARTS) is 1. The molecule has 0 aliphatic carbocycles. The van der Waals surface area contributed by atoms with Gasteiger partial charge in [0, 0.05) is 6.20 Å². The molecule has 0 radical (unpaired) electrons. The van der Waals surface area contributed by atoms with Gasteiger partial charge in [-0.2, -0.15) is 4.94 Å². The minimum absolute atomic E-state index is 0.241. The Morgan fingerprint density at radius 2 is 2.50 bits per heavy atom. The highest BCUT2D eigenvalue weighted by Crippen LogP contribution is 2.19. The number of carboxylic acids is 1. The number of aliphatic carboxylic acids is 1. The van der Waals surface area contributed by atoms with Gasteiger partial charge in [0.1, 0.15) is 0 Å².